The van der Waals surface area contributed by atoms with E-state index in [1.165, 1.54) is 0 Å². The lowest BCUT2D eigenvalue weighted by molar-refractivity contribution is 0.0910. The zero-order chi connectivity index (χ0) is 16.4. The van der Waals surface area contributed by atoms with Gasteiger partial charge in [-0.1, -0.05) is 0 Å². The highest BCUT2D eigenvalue weighted by Crippen LogP contribution is 2.09. The summed E-state index contributed by atoms with van der Waals surface area (Å²) in [5.74, 6) is -0.0910. The van der Waals surface area contributed by atoms with Crippen LogP contribution in [0.2, 0.25) is 0 Å². The lowest BCUT2D eigenvalue weighted by Gasteiger charge is -2.29. The minimum atomic E-state index is -0.0910. The molecule has 1 aliphatic heterocycles. The molecule has 3 rings (SSSR count). The van der Waals surface area contributed by atoms with Gasteiger partial charge in [0.05, 0.1) is 5.69 Å². The number of rotatable bonds is 4. The molecule has 7 heteroatoms. The zero-order valence-electron chi connectivity index (χ0n) is 14.0. The number of likely N-dealkylation sites (tertiary alicyclic amines) is 1. The highest BCUT2D eigenvalue weighted by atomic mass is 16.2. The Morgan fingerprint density at radius 2 is 2.04 bits per heavy atom. The van der Waals surface area contributed by atoms with Crippen LogP contribution in [0.5, 0.6) is 0 Å². The number of nitrogens with zero attached hydrogens (tertiary/aromatic N) is 5. The topological polar surface area (TPSA) is 68.0 Å². The fourth-order valence-electron chi connectivity index (χ4n) is 2.93. The van der Waals surface area contributed by atoms with Crippen LogP contribution >= 0.6 is 0 Å². The van der Waals surface area contributed by atoms with Crippen molar-refractivity contribution < 1.29 is 4.79 Å². The van der Waals surface area contributed by atoms with E-state index >= 15 is 0 Å². The maximum absolute atomic E-state index is 12.3. The summed E-state index contributed by atoms with van der Waals surface area (Å²) in [4.78, 5) is 14.6. The van der Waals surface area contributed by atoms with Crippen LogP contribution in [0.3, 0.4) is 0 Å². The Morgan fingerprint density at radius 1 is 1.30 bits per heavy atom. The van der Waals surface area contributed by atoms with Crippen LogP contribution in [0.4, 0.5) is 0 Å². The standard InChI is InChI=1S/C16H24N6O/c1-12-10-13(2)22(18-12)11-21-9-6-15(19-21)16(23)17-14-4-7-20(3)8-5-14/h6,9-10,14H,4-5,7-8,11H2,1-3H3,(H,17,23). The van der Waals surface area contributed by atoms with Gasteiger partial charge in [0.25, 0.3) is 5.91 Å². The molecule has 1 amide bonds. The third-order valence-electron chi connectivity index (χ3n) is 4.31. The number of nitrogens with one attached hydrogen (secondary N) is 1. The van der Waals surface area contributed by atoms with E-state index in [1.54, 1.807) is 10.7 Å². The maximum atomic E-state index is 12.3. The zero-order valence-corrected chi connectivity index (χ0v) is 14.0. The maximum Gasteiger partial charge on any atom is 0.271 e. The van der Waals surface area contributed by atoms with Crippen molar-refractivity contribution in [3.05, 3.63) is 35.4 Å². The van der Waals surface area contributed by atoms with E-state index in [4.69, 9.17) is 0 Å². The van der Waals surface area contributed by atoms with Crippen molar-refractivity contribution in [2.75, 3.05) is 20.1 Å². The number of hydrogen-bond acceptors (Lipinski definition) is 4. The van der Waals surface area contributed by atoms with Gasteiger partial charge >= 0.3 is 0 Å². The second kappa shape index (κ2) is 6.54. The van der Waals surface area contributed by atoms with Gasteiger partial charge < -0.3 is 10.2 Å². The lowest BCUT2D eigenvalue weighted by Crippen LogP contribution is -2.43. The molecule has 1 aliphatic rings. The lowest BCUT2D eigenvalue weighted by atomic mass is 10.1. The van der Waals surface area contributed by atoms with Crippen LogP contribution < -0.4 is 5.32 Å². The molecule has 0 aliphatic carbocycles. The Labute approximate surface area is 136 Å². The average molecular weight is 316 g/mol. The first-order valence-corrected chi connectivity index (χ1v) is 8.05. The van der Waals surface area contributed by atoms with Crippen LogP contribution in [0, 0.1) is 13.8 Å². The van der Waals surface area contributed by atoms with Crippen LogP contribution in [0.15, 0.2) is 18.3 Å². The van der Waals surface area contributed by atoms with Crippen LogP contribution in [0.1, 0.15) is 34.7 Å². The Kier molecular flexibility index (Phi) is 4.47. The molecule has 0 aromatic carbocycles. The molecule has 1 N–H and O–H groups in total. The summed E-state index contributed by atoms with van der Waals surface area (Å²) >= 11 is 0. The SMILES string of the molecule is Cc1cc(C)n(Cn2ccc(C(=O)NC3CCN(C)CC3)n2)n1. The molecule has 2 aromatic rings. The number of carbonyl (C=O) groups is 1. The van der Waals surface area contributed by atoms with Gasteiger partial charge in [0.2, 0.25) is 0 Å². The normalized spacial score (nSPS) is 16.7. The molecule has 0 radical (unpaired) electrons. The van der Waals surface area contributed by atoms with Gasteiger partial charge in [0, 0.05) is 17.9 Å². The van der Waals surface area contributed by atoms with Crippen molar-refractivity contribution in [1.29, 1.82) is 0 Å². The first kappa shape index (κ1) is 15.7. The molecule has 1 fully saturated rings. The predicted octanol–water partition coefficient (Wildman–Crippen LogP) is 1.03. The summed E-state index contributed by atoms with van der Waals surface area (Å²) in [6.07, 6.45) is 3.81. The number of hydrogen-bond donors (Lipinski definition) is 1. The van der Waals surface area contributed by atoms with Crippen molar-refractivity contribution in [3.8, 4) is 0 Å². The monoisotopic (exact) mass is 316 g/mol. The van der Waals surface area contributed by atoms with Crippen molar-refractivity contribution in [1.82, 2.24) is 29.8 Å². The summed E-state index contributed by atoms with van der Waals surface area (Å²) in [6.45, 7) is 6.54. The summed E-state index contributed by atoms with van der Waals surface area (Å²) in [7, 11) is 2.11. The van der Waals surface area contributed by atoms with Gasteiger partial charge in [-0.25, -0.2) is 4.68 Å². The quantitative estimate of drug-likeness (QED) is 0.915. The Balaban J connectivity index is 1.60. The highest BCUT2D eigenvalue weighted by molar-refractivity contribution is 5.92. The van der Waals surface area contributed by atoms with E-state index in [2.05, 4.69) is 27.5 Å². The summed E-state index contributed by atoms with van der Waals surface area (Å²) in [6, 6.07) is 4.03. The van der Waals surface area contributed by atoms with Crippen molar-refractivity contribution >= 4 is 5.91 Å². The molecule has 124 valence electrons. The number of aryl methyl sites for hydroxylation is 2. The van der Waals surface area contributed by atoms with Crippen molar-refractivity contribution in [3.63, 3.8) is 0 Å². The molecule has 0 bridgehead atoms. The van der Waals surface area contributed by atoms with E-state index < -0.39 is 0 Å². The van der Waals surface area contributed by atoms with E-state index in [-0.39, 0.29) is 11.9 Å². The van der Waals surface area contributed by atoms with Crippen LogP contribution in [-0.2, 0) is 6.67 Å². The van der Waals surface area contributed by atoms with Crippen LogP contribution in [-0.4, -0.2) is 56.5 Å². The molecule has 2 aromatic heterocycles. The van der Waals surface area contributed by atoms with E-state index in [9.17, 15) is 4.79 Å². The fraction of sp³-hybridized carbons (Fsp3) is 0.562. The van der Waals surface area contributed by atoms with Crippen molar-refractivity contribution in [2.45, 2.75) is 39.4 Å². The van der Waals surface area contributed by atoms with Crippen molar-refractivity contribution in [2.24, 2.45) is 0 Å². The molecule has 1 saturated heterocycles. The van der Waals surface area contributed by atoms with Crippen LogP contribution in [0.25, 0.3) is 0 Å². The smallest absolute Gasteiger partial charge is 0.271 e. The molecule has 3 heterocycles. The molecular weight excluding hydrogens is 292 g/mol. The minimum absolute atomic E-state index is 0.0910. The molecule has 0 unspecified atom stereocenters. The third kappa shape index (κ3) is 3.79. The van der Waals surface area contributed by atoms with E-state index in [0.717, 1.165) is 37.3 Å². The van der Waals surface area contributed by atoms with Gasteiger partial charge in [-0.15, -0.1) is 0 Å². The average Bonchev–Trinajstić information content (AvgIpc) is 3.09. The Hall–Kier alpha value is -2.15. The highest BCUT2D eigenvalue weighted by Gasteiger charge is 2.20. The molecular formula is C16H24N6O. The number of piperidine rings is 1. The van der Waals surface area contributed by atoms with Gasteiger partial charge in [0.15, 0.2) is 0 Å². The third-order valence-corrected chi connectivity index (χ3v) is 4.31. The molecule has 0 atom stereocenters. The summed E-state index contributed by atoms with van der Waals surface area (Å²) in [5.41, 5.74) is 2.52. The van der Waals surface area contributed by atoms with Gasteiger partial charge in [-0.3, -0.25) is 9.48 Å². The first-order valence-electron chi connectivity index (χ1n) is 8.05. The summed E-state index contributed by atoms with van der Waals surface area (Å²) < 4.78 is 3.62. The first-order chi connectivity index (χ1) is 11.0. The number of aromatic nitrogens is 4. The molecule has 0 spiro atoms. The second-order valence-electron chi connectivity index (χ2n) is 6.36. The largest absolute Gasteiger partial charge is 0.348 e. The van der Waals surface area contributed by atoms with Gasteiger partial charge in [-0.05, 0) is 59.0 Å². The van der Waals surface area contributed by atoms with Gasteiger partial charge in [-0.2, -0.15) is 10.2 Å². The van der Waals surface area contributed by atoms with Gasteiger partial charge in [0.1, 0.15) is 12.4 Å². The number of amides is 1. The van der Waals surface area contributed by atoms with E-state index in [1.807, 2.05) is 30.8 Å². The molecule has 7 nitrogen and oxygen atoms in total. The Morgan fingerprint density at radius 3 is 2.70 bits per heavy atom. The summed E-state index contributed by atoms with van der Waals surface area (Å²) in [5, 5.41) is 11.9. The minimum Gasteiger partial charge on any atom is -0.348 e. The Bertz CT molecular complexity index is 681. The molecule has 23 heavy (non-hydrogen) atoms. The fourth-order valence-corrected chi connectivity index (χ4v) is 2.93. The number of carbonyl (C=O) groups excluding carboxylic acids is 1. The molecule has 0 saturated carbocycles. The van der Waals surface area contributed by atoms with E-state index in [0.29, 0.717) is 12.4 Å². The second-order valence-corrected chi connectivity index (χ2v) is 6.36. The predicted molar refractivity (Wildman–Crippen MR) is 87.3 cm³/mol.